The van der Waals surface area contributed by atoms with Crippen LogP contribution in [0, 0.1) is 6.92 Å². The molecule has 0 saturated carbocycles. The van der Waals surface area contributed by atoms with Gasteiger partial charge in [0.05, 0.1) is 7.11 Å². The quantitative estimate of drug-likeness (QED) is 0.548. The zero-order chi connectivity index (χ0) is 24.2. The van der Waals surface area contributed by atoms with E-state index in [2.05, 4.69) is 36.7 Å². The number of methoxy groups -OCH3 is 1. The van der Waals surface area contributed by atoms with Crippen LogP contribution < -0.4 is 15.5 Å². The number of carbonyl (C=O) groups is 2. The number of nitrogens with zero attached hydrogens (tertiary/aromatic N) is 1. The van der Waals surface area contributed by atoms with Gasteiger partial charge in [0.1, 0.15) is 5.75 Å². The topological polar surface area (TPSA) is 70.4 Å². The number of hydrazone groups is 1. The number of benzene rings is 3. The number of hydrogen-bond acceptors (Lipinski definition) is 3. The third kappa shape index (κ3) is 5.01. The largest absolute Gasteiger partial charge is 0.497 e. The molecule has 174 valence electrons. The van der Waals surface area contributed by atoms with Crippen molar-refractivity contribution in [2.45, 2.75) is 38.8 Å². The van der Waals surface area contributed by atoms with Crippen molar-refractivity contribution in [3.05, 3.63) is 101 Å². The molecule has 4 rings (SSSR count). The highest BCUT2D eigenvalue weighted by molar-refractivity contribution is 5.98. The Hall–Kier alpha value is -3.93. The fraction of sp³-hybridized carbons (Fsp3) is 0.250. The van der Waals surface area contributed by atoms with E-state index in [1.165, 1.54) is 5.56 Å². The lowest BCUT2D eigenvalue weighted by molar-refractivity contribution is -0.596. The lowest BCUT2D eigenvalue weighted by Gasteiger charge is -2.15. The van der Waals surface area contributed by atoms with Gasteiger partial charge in [0.15, 0.2) is 6.04 Å². The second kappa shape index (κ2) is 9.91. The van der Waals surface area contributed by atoms with E-state index in [0.29, 0.717) is 11.5 Å². The van der Waals surface area contributed by atoms with Crippen molar-refractivity contribution < 1.29 is 19.0 Å². The van der Waals surface area contributed by atoms with Crippen LogP contribution >= 0.6 is 0 Å². The van der Waals surface area contributed by atoms with E-state index in [1.54, 1.807) is 17.9 Å². The van der Waals surface area contributed by atoms with Crippen LogP contribution in [0.2, 0.25) is 0 Å². The molecule has 1 fully saturated rings. The first kappa shape index (κ1) is 23.2. The fourth-order valence-corrected chi connectivity index (χ4v) is 4.12. The highest BCUT2D eigenvalue weighted by atomic mass is 16.5. The van der Waals surface area contributed by atoms with Crippen molar-refractivity contribution in [1.29, 1.82) is 0 Å². The van der Waals surface area contributed by atoms with Gasteiger partial charge in [-0.15, -0.1) is 10.1 Å². The molecular weight excluding hydrogens is 426 g/mol. The number of aryl methyl sites for hydroxylation is 1. The molecule has 1 heterocycles. The molecule has 3 aromatic carbocycles. The van der Waals surface area contributed by atoms with Gasteiger partial charge in [0.25, 0.3) is 5.91 Å². The van der Waals surface area contributed by atoms with Crippen molar-refractivity contribution in [2.24, 2.45) is 0 Å². The first-order valence-corrected chi connectivity index (χ1v) is 11.4. The number of ether oxygens (including phenoxy) is 1. The van der Waals surface area contributed by atoms with Crippen LogP contribution in [0.5, 0.6) is 5.75 Å². The lowest BCUT2D eigenvalue weighted by Crippen LogP contribution is -2.42. The molecule has 0 bridgehead atoms. The molecule has 2 amide bonds. The molecule has 6 nitrogen and oxygen atoms in total. The van der Waals surface area contributed by atoms with E-state index in [9.17, 15) is 9.59 Å². The van der Waals surface area contributed by atoms with Gasteiger partial charge in [0, 0.05) is 16.7 Å². The number of hydrogen-bond donors (Lipinski definition) is 2. The van der Waals surface area contributed by atoms with Gasteiger partial charge in [-0.25, -0.2) is 0 Å². The van der Waals surface area contributed by atoms with Crippen LogP contribution in [-0.2, 0) is 4.79 Å². The zero-order valence-electron chi connectivity index (χ0n) is 19.9. The lowest BCUT2D eigenvalue weighted by atomic mass is 9.99. The molecule has 2 unspecified atom stereocenters. The van der Waals surface area contributed by atoms with E-state index in [-0.39, 0.29) is 11.8 Å². The number of amides is 2. The van der Waals surface area contributed by atoms with Crippen molar-refractivity contribution in [3.8, 4) is 5.75 Å². The Morgan fingerprint density at radius 2 is 1.76 bits per heavy atom. The molecule has 1 aliphatic heterocycles. The van der Waals surface area contributed by atoms with Crippen LogP contribution in [0.1, 0.15) is 58.4 Å². The number of nitrogens with one attached hydrogen (secondary N) is 2. The maximum atomic E-state index is 13.0. The Labute approximate surface area is 200 Å². The van der Waals surface area contributed by atoms with E-state index in [1.807, 2.05) is 67.7 Å². The summed E-state index contributed by atoms with van der Waals surface area (Å²) in [6.45, 7) is 6.24. The van der Waals surface area contributed by atoms with Crippen LogP contribution in [0.3, 0.4) is 0 Å². The Morgan fingerprint density at radius 1 is 1.06 bits per heavy atom. The predicted molar refractivity (Wildman–Crippen MR) is 132 cm³/mol. The molecule has 34 heavy (non-hydrogen) atoms. The van der Waals surface area contributed by atoms with Gasteiger partial charge in [-0.3, -0.25) is 9.59 Å². The molecular formula is C28H30N3O3+. The first-order valence-electron chi connectivity index (χ1n) is 11.4. The first-order chi connectivity index (χ1) is 16.4. The molecule has 2 atom stereocenters. The van der Waals surface area contributed by atoms with Crippen LogP contribution in [0.4, 0.5) is 0 Å². The molecule has 1 saturated heterocycles. The summed E-state index contributed by atoms with van der Waals surface area (Å²) < 4.78 is 7.07. The third-order valence-electron chi connectivity index (χ3n) is 6.05. The van der Waals surface area contributed by atoms with Crippen LogP contribution in [-0.4, -0.2) is 35.9 Å². The van der Waals surface area contributed by atoms with Crippen molar-refractivity contribution in [2.75, 3.05) is 7.11 Å². The summed E-state index contributed by atoms with van der Waals surface area (Å²) in [5, 5.41) is 2.95. The number of carbonyl (C=O) groups excluding carboxylic acids is 2. The molecule has 2 N–H and O–H groups in total. The molecule has 0 spiro atoms. The Morgan fingerprint density at radius 3 is 2.38 bits per heavy atom. The van der Waals surface area contributed by atoms with Crippen molar-refractivity contribution in [1.82, 2.24) is 10.7 Å². The van der Waals surface area contributed by atoms with Gasteiger partial charge in [0.2, 0.25) is 12.3 Å². The van der Waals surface area contributed by atoms with Crippen LogP contribution in [0.25, 0.3) is 0 Å². The average Bonchev–Trinajstić information content (AvgIpc) is 3.13. The van der Waals surface area contributed by atoms with Crippen molar-refractivity contribution in [3.63, 3.8) is 0 Å². The summed E-state index contributed by atoms with van der Waals surface area (Å²) in [5.41, 5.74) is 7.51. The minimum absolute atomic E-state index is 0.267. The standard InChI is InChI=1S/C28H29N3O3/c1-18(2)21-10-8-20(9-11-21)17-31-26(22-12-14-24(34-4)15-13-22)25(28(33)30-31)29-27(32)23-7-5-6-19(3)16-23/h5-18,25-26H,1-4H3,(H-,29,30,32,33)/p+1/b31-17-. The molecule has 0 aromatic heterocycles. The minimum atomic E-state index is -0.771. The second-order valence-corrected chi connectivity index (χ2v) is 8.87. The summed E-state index contributed by atoms with van der Waals surface area (Å²) in [4.78, 5) is 26.0. The molecule has 6 heteroatoms. The van der Waals surface area contributed by atoms with E-state index < -0.39 is 12.1 Å². The smallest absolute Gasteiger partial charge is 0.304 e. The number of hydrazine groups is 1. The second-order valence-electron chi connectivity index (χ2n) is 8.87. The fourth-order valence-electron chi connectivity index (χ4n) is 4.12. The van der Waals surface area contributed by atoms with Gasteiger partial charge in [-0.1, -0.05) is 43.7 Å². The average molecular weight is 457 g/mol. The van der Waals surface area contributed by atoms with E-state index >= 15 is 0 Å². The van der Waals surface area contributed by atoms with Crippen molar-refractivity contribution >= 4 is 18.0 Å². The molecule has 3 aromatic rings. The summed E-state index contributed by atoms with van der Waals surface area (Å²) in [6, 6.07) is 21.9. The maximum absolute atomic E-state index is 13.0. The Bertz CT molecular complexity index is 1210. The highest BCUT2D eigenvalue weighted by Gasteiger charge is 2.47. The third-order valence-corrected chi connectivity index (χ3v) is 6.05. The van der Waals surface area contributed by atoms with Crippen LogP contribution in [0.15, 0.2) is 72.8 Å². The summed E-state index contributed by atoms with van der Waals surface area (Å²) in [5.74, 6) is 0.609. The number of rotatable bonds is 6. The van der Waals surface area contributed by atoms with E-state index in [4.69, 9.17) is 4.74 Å². The van der Waals surface area contributed by atoms with Gasteiger partial charge in [-0.05, 0) is 66.9 Å². The zero-order valence-corrected chi connectivity index (χ0v) is 19.9. The summed E-state index contributed by atoms with van der Waals surface area (Å²) in [7, 11) is 1.61. The SMILES string of the molecule is COc1ccc(C2C(NC(=O)c3cccc(C)c3)C(=O)N/[N+]2=C\c2ccc(C(C)C)cc2)cc1. The Kier molecular flexibility index (Phi) is 6.77. The summed E-state index contributed by atoms with van der Waals surface area (Å²) >= 11 is 0. The van der Waals surface area contributed by atoms with Gasteiger partial charge >= 0.3 is 5.91 Å². The normalized spacial score (nSPS) is 18.7. The van der Waals surface area contributed by atoms with Gasteiger partial charge in [-0.2, -0.15) is 0 Å². The summed E-state index contributed by atoms with van der Waals surface area (Å²) in [6.07, 6.45) is 1.90. The Balaban J connectivity index is 1.69. The van der Waals surface area contributed by atoms with Gasteiger partial charge < -0.3 is 10.1 Å². The molecule has 1 aliphatic rings. The monoisotopic (exact) mass is 456 g/mol. The van der Waals surface area contributed by atoms with E-state index in [0.717, 1.165) is 22.4 Å². The predicted octanol–water partition coefficient (Wildman–Crippen LogP) is 4.14. The molecule has 0 radical (unpaired) electrons. The molecule has 0 aliphatic carbocycles. The highest BCUT2D eigenvalue weighted by Crippen LogP contribution is 2.27. The maximum Gasteiger partial charge on any atom is 0.304 e. The minimum Gasteiger partial charge on any atom is -0.497 e.